The molecule has 1 aliphatic carbocycles. The molecule has 116 valence electrons. The molecule has 6 heteroatoms. The van der Waals surface area contributed by atoms with E-state index in [1.54, 1.807) is 0 Å². The van der Waals surface area contributed by atoms with Crippen molar-refractivity contribution in [1.82, 2.24) is 10.1 Å². The van der Waals surface area contributed by atoms with Crippen molar-refractivity contribution in [2.45, 2.75) is 38.1 Å². The Morgan fingerprint density at radius 2 is 2.00 bits per heavy atom. The third-order valence-electron chi connectivity index (χ3n) is 4.20. The van der Waals surface area contributed by atoms with E-state index in [1.165, 1.54) is 25.7 Å². The van der Waals surface area contributed by atoms with Gasteiger partial charge in [0.15, 0.2) is 17.3 Å². The van der Waals surface area contributed by atoms with Gasteiger partial charge in [0, 0.05) is 5.92 Å². The summed E-state index contributed by atoms with van der Waals surface area (Å²) >= 11 is 0. The summed E-state index contributed by atoms with van der Waals surface area (Å²) in [7, 11) is 0. The summed E-state index contributed by atoms with van der Waals surface area (Å²) in [5, 5.41) is 7.41. The molecule has 22 heavy (non-hydrogen) atoms. The van der Waals surface area contributed by atoms with Crippen LogP contribution in [0.5, 0.6) is 11.5 Å². The molecule has 1 aromatic heterocycles. The molecule has 0 atom stereocenters. The van der Waals surface area contributed by atoms with Crippen LogP contribution >= 0.6 is 0 Å². The van der Waals surface area contributed by atoms with Crippen molar-refractivity contribution < 1.29 is 14.0 Å². The van der Waals surface area contributed by atoms with E-state index < -0.39 is 0 Å². The van der Waals surface area contributed by atoms with Gasteiger partial charge in [0.05, 0.1) is 12.2 Å². The topological polar surface area (TPSA) is 69.4 Å². The number of benzene rings is 1. The second-order valence-corrected chi connectivity index (χ2v) is 5.71. The molecule has 0 radical (unpaired) electrons. The Morgan fingerprint density at radius 1 is 1.14 bits per heavy atom. The van der Waals surface area contributed by atoms with Gasteiger partial charge >= 0.3 is 0 Å². The van der Waals surface area contributed by atoms with Gasteiger partial charge in [-0.25, -0.2) is 0 Å². The van der Waals surface area contributed by atoms with Crippen molar-refractivity contribution in [2.24, 2.45) is 0 Å². The van der Waals surface area contributed by atoms with Gasteiger partial charge in [-0.15, -0.1) is 0 Å². The smallest absolute Gasteiger partial charge is 0.245 e. The molecule has 2 aliphatic rings. The van der Waals surface area contributed by atoms with Crippen molar-refractivity contribution in [3.8, 4) is 11.5 Å². The fraction of sp³-hybridized carbons (Fsp3) is 0.500. The molecule has 1 aliphatic heterocycles. The monoisotopic (exact) mass is 301 g/mol. The van der Waals surface area contributed by atoms with E-state index in [0.29, 0.717) is 31.6 Å². The molecule has 0 spiro atoms. The standard InChI is InChI=1S/C16H19N3O3/c1-2-5-11(4-1)16-18-14(22-19-16)10-17-12-6-3-7-13-15(12)21-9-8-20-13/h3,6-7,11,17H,1-2,4-5,8-10H2. The highest BCUT2D eigenvalue weighted by Gasteiger charge is 2.22. The number of ether oxygens (including phenoxy) is 2. The maximum absolute atomic E-state index is 5.68. The maximum atomic E-state index is 5.68. The van der Waals surface area contributed by atoms with Crippen molar-refractivity contribution >= 4 is 5.69 Å². The van der Waals surface area contributed by atoms with E-state index in [-0.39, 0.29) is 0 Å². The van der Waals surface area contributed by atoms with Crippen LogP contribution in [0.1, 0.15) is 43.3 Å². The van der Waals surface area contributed by atoms with Crippen LogP contribution in [-0.2, 0) is 6.54 Å². The van der Waals surface area contributed by atoms with Gasteiger partial charge in [-0.3, -0.25) is 0 Å². The van der Waals surface area contributed by atoms with Gasteiger partial charge in [0.25, 0.3) is 0 Å². The molecule has 0 bridgehead atoms. The van der Waals surface area contributed by atoms with Gasteiger partial charge in [-0.2, -0.15) is 4.98 Å². The van der Waals surface area contributed by atoms with E-state index in [1.807, 2.05) is 18.2 Å². The molecule has 0 unspecified atom stereocenters. The Balaban J connectivity index is 1.44. The molecular weight excluding hydrogens is 282 g/mol. The Bertz CT molecular complexity index is 650. The Hall–Kier alpha value is -2.24. The van der Waals surface area contributed by atoms with E-state index >= 15 is 0 Å². The quantitative estimate of drug-likeness (QED) is 0.935. The number of aromatic nitrogens is 2. The first-order valence-corrected chi connectivity index (χ1v) is 7.85. The number of hydrogen-bond acceptors (Lipinski definition) is 6. The van der Waals surface area contributed by atoms with Crippen LogP contribution in [0.3, 0.4) is 0 Å². The molecule has 4 rings (SSSR count). The number of anilines is 1. The number of rotatable bonds is 4. The number of nitrogens with one attached hydrogen (secondary N) is 1. The highest BCUT2D eigenvalue weighted by atomic mass is 16.6. The third-order valence-corrected chi connectivity index (χ3v) is 4.20. The number of nitrogens with zero attached hydrogens (tertiary/aromatic N) is 2. The van der Waals surface area contributed by atoms with Crippen LogP contribution in [-0.4, -0.2) is 23.4 Å². The highest BCUT2D eigenvalue weighted by molar-refractivity contribution is 5.63. The summed E-state index contributed by atoms with van der Waals surface area (Å²) in [6.45, 7) is 1.64. The first kappa shape index (κ1) is 13.4. The Labute approximate surface area is 128 Å². The minimum absolute atomic E-state index is 0.471. The molecule has 2 heterocycles. The lowest BCUT2D eigenvalue weighted by atomic mass is 10.1. The van der Waals surface area contributed by atoms with Gasteiger partial charge in [0.1, 0.15) is 13.2 Å². The number of para-hydroxylation sites is 1. The SMILES string of the molecule is c1cc(NCc2nc(C3CCCC3)no2)c2c(c1)OCCO2. The molecule has 1 N–H and O–H groups in total. The predicted molar refractivity (Wildman–Crippen MR) is 80.3 cm³/mol. The second-order valence-electron chi connectivity index (χ2n) is 5.71. The normalized spacial score (nSPS) is 17.6. The zero-order valence-electron chi connectivity index (χ0n) is 12.4. The lowest BCUT2D eigenvalue weighted by Gasteiger charge is -2.21. The summed E-state index contributed by atoms with van der Waals surface area (Å²) in [4.78, 5) is 4.51. The first-order valence-electron chi connectivity index (χ1n) is 7.85. The van der Waals surface area contributed by atoms with Gasteiger partial charge in [-0.05, 0) is 25.0 Å². The van der Waals surface area contributed by atoms with E-state index in [0.717, 1.165) is 23.0 Å². The zero-order chi connectivity index (χ0) is 14.8. The van der Waals surface area contributed by atoms with Crippen molar-refractivity contribution in [3.63, 3.8) is 0 Å². The first-order chi connectivity index (χ1) is 10.9. The summed E-state index contributed by atoms with van der Waals surface area (Å²) in [5.74, 6) is 3.46. The van der Waals surface area contributed by atoms with Gasteiger partial charge in [0.2, 0.25) is 5.89 Å². The van der Waals surface area contributed by atoms with E-state index in [2.05, 4.69) is 15.5 Å². The average molecular weight is 301 g/mol. The second kappa shape index (κ2) is 5.87. The van der Waals surface area contributed by atoms with Crippen LogP contribution < -0.4 is 14.8 Å². The predicted octanol–water partition coefficient (Wildman–Crippen LogP) is 3.11. The molecule has 1 aromatic carbocycles. The lowest BCUT2D eigenvalue weighted by Crippen LogP contribution is -2.16. The molecule has 2 aromatic rings. The number of hydrogen-bond donors (Lipinski definition) is 1. The molecule has 0 amide bonds. The summed E-state index contributed by atoms with van der Waals surface area (Å²) in [6.07, 6.45) is 4.87. The Morgan fingerprint density at radius 3 is 2.91 bits per heavy atom. The van der Waals surface area contributed by atoms with Crippen molar-refractivity contribution in [3.05, 3.63) is 29.9 Å². The fourth-order valence-corrected chi connectivity index (χ4v) is 3.07. The van der Waals surface area contributed by atoms with Crippen molar-refractivity contribution in [2.75, 3.05) is 18.5 Å². The molecule has 1 saturated carbocycles. The molecule has 0 saturated heterocycles. The van der Waals surface area contributed by atoms with Gasteiger partial charge < -0.3 is 19.3 Å². The van der Waals surface area contributed by atoms with Crippen LogP contribution in [0.2, 0.25) is 0 Å². The maximum Gasteiger partial charge on any atom is 0.245 e. The van der Waals surface area contributed by atoms with Crippen LogP contribution in [0.25, 0.3) is 0 Å². The molecule has 6 nitrogen and oxygen atoms in total. The molecular formula is C16H19N3O3. The minimum Gasteiger partial charge on any atom is -0.486 e. The van der Waals surface area contributed by atoms with Crippen LogP contribution in [0, 0.1) is 0 Å². The summed E-state index contributed by atoms with van der Waals surface area (Å²) in [5.41, 5.74) is 0.887. The van der Waals surface area contributed by atoms with Crippen LogP contribution in [0.4, 0.5) is 5.69 Å². The third kappa shape index (κ3) is 2.61. The van der Waals surface area contributed by atoms with Crippen LogP contribution in [0.15, 0.2) is 22.7 Å². The number of fused-ring (bicyclic) bond motifs is 1. The van der Waals surface area contributed by atoms with Gasteiger partial charge in [-0.1, -0.05) is 24.1 Å². The highest BCUT2D eigenvalue weighted by Crippen LogP contribution is 2.37. The van der Waals surface area contributed by atoms with E-state index in [4.69, 9.17) is 14.0 Å². The Kier molecular flexibility index (Phi) is 3.58. The summed E-state index contributed by atoms with van der Waals surface area (Å²) in [6, 6.07) is 5.81. The lowest BCUT2D eigenvalue weighted by molar-refractivity contribution is 0.172. The zero-order valence-corrected chi connectivity index (χ0v) is 12.4. The largest absolute Gasteiger partial charge is 0.486 e. The van der Waals surface area contributed by atoms with Crippen molar-refractivity contribution in [1.29, 1.82) is 0 Å². The molecule has 1 fully saturated rings. The average Bonchev–Trinajstić information content (AvgIpc) is 3.24. The van der Waals surface area contributed by atoms with E-state index in [9.17, 15) is 0 Å². The summed E-state index contributed by atoms with van der Waals surface area (Å²) < 4.78 is 16.6. The fourth-order valence-electron chi connectivity index (χ4n) is 3.07. The minimum atomic E-state index is 0.471.